The lowest BCUT2D eigenvalue weighted by Crippen LogP contribution is -2.14. The standard InChI is InChI=1S/C12H14BrFO/c1-7-9(3-5-12(7)15)10-6-8(13)2-4-11(10)14/h2,4,6-7,9,12,15H,3,5H2,1H3. The molecule has 0 amide bonds. The number of hydrogen-bond donors (Lipinski definition) is 1. The highest BCUT2D eigenvalue weighted by Gasteiger charge is 2.33. The van der Waals surface area contributed by atoms with E-state index in [1.165, 1.54) is 6.07 Å². The van der Waals surface area contributed by atoms with Gasteiger partial charge in [-0.2, -0.15) is 0 Å². The van der Waals surface area contributed by atoms with Crippen LogP contribution in [-0.2, 0) is 0 Å². The van der Waals surface area contributed by atoms with Crippen molar-refractivity contribution >= 4 is 15.9 Å². The highest BCUT2D eigenvalue weighted by atomic mass is 79.9. The van der Waals surface area contributed by atoms with Crippen LogP contribution in [0, 0.1) is 11.7 Å². The quantitative estimate of drug-likeness (QED) is 0.830. The van der Waals surface area contributed by atoms with Crippen molar-refractivity contribution in [3.05, 3.63) is 34.1 Å². The van der Waals surface area contributed by atoms with E-state index in [1.807, 2.05) is 13.0 Å². The number of hydrogen-bond acceptors (Lipinski definition) is 1. The van der Waals surface area contributed by atoms with E-state index in [-0.39, 0.29) is 23.8 Å². The smallest absolute Gasteiger partial charge is 0.126 e. The summed E-state index contributed by atoms with van der Waals surface area (Å²) >= 11 is 3.35. The fourth-order valence-electron chi connectivity index (χ4n) is 2.38. The van der Waals surface area contributed by atoms with E-state index in [1.54, 1.807) is 6.07 Å². The third kappa shape index (κ3) is 2.08. The van der Waals surface area contributed by atoms with Crippen LogP contribution in [0.2, 0.25) is 0 Å². The van der Waals surface area contributed by atoms with Gasteiger partial charge in [0.25, 0.3) is 0 Å². The fourth-order valence-corrected chi connectivity index (χ4v) is 2.76. The molecule has 1 aliphatic rings. The molecule has 0 radical (unpaired) electrons. The minimum Gasteiger partial charge on any atom is -0.393 e. The van der Waals surface area contributed by atoms with Crippen LogP contribution >= 0.6 is 15.9 Å². The van der Waals surface area contributed by atoms with Gasteiger partial charge in [0, 0.05) is 4.47 Å². The van der Waals surface area contributed by atoms with E-state index in [2.05, 4.69) is 15.9 Å². The first-order valence-electron chi connectivity index (χ1n) is 5.22. The lowest BCUT2D eigenvalue weighted by atomic mass is 9.89. The van der Waals surface area contributed by atoms with Crippen molar-refractivity contribution in [1.82, 2.24) is 0 Å². The van der Waals surface area contributed by atoms with Gasteiger partial charge < -0.3 is 5.11 Å². The Balaban J connectivity index is 2.33. The molecule has 1 aliphatic carbocycles. The molecular formula is C12H14BrFO. The second-order valence-corrected chi connectivity index (χ2v) is 5.19. The van der Waals surface area contributed by atoms with E-state index in [4.69, 9.17) is 0 Å². The Morgan fingerprint density at radius 1 is 1.40 bits per heavy atom. The number of aliphatic hydroxyl groups excluding tert-OH is 1. The number of benzene rings is 1. The van der Waals surface area contributed by atoms with Crippen molar-refractivity contribution in [3.63, 3.8) is 0 Å². The van der Waals surface area contributed by atoms with Crippen LogP contribution in [-0.4, -0.2) is 11.2 Å². The molecule has 2 rings (SSSR count). The molecule has 1 aromatic rings. The molecular weight excluding hydrogens is 259 g/mol. The van der Waals surface area contributed by atoms with Gasteiger partial charge in [-0.05, 0) is 48.4 Å². The second kappa shape index (κ2) is 4.22. The van der Waals surface area contributed by atoms with Crippen LogP contribution < -0.4 is 0 Å². The van der Waals surface area contributed by atoms with E-state index in [0.717, 1.165) is 22.9 Å². The fraction of sp³-hybridized carbons (Fsp3) is 0.500. The predicted octanol–water partition coefficient (Wildman–Crippen LogP) is 3.46. The molecule has 1 nitrogen and oxygen atoms in total. The third-order valence-electron chi connectivity index (χ3n) is 3.37. The Labute approximate surface area is 97.4 Å². The highest BCUT2D eigenvalue weighted by Crippen LogP contribution is 2.41. The lowest BCUT2D eigenvalue weighted by Gasteiger charge is -2.18. The highest BCUT2D eigenvalue weighted by molar-refractivity contribution is 9.10. The van der Waals surface area contributed by atoms with Crippen LogP contribution in [0.3, 0.4) is 0 Å². The summed E-state index contributed by atoms with van der Waals surface area (Å²) < 4.78 is 14.5. The van der Waals surface area contributed by atoms with Gasteiger partial charge in [-0.3, -0.25) is 0 Å². The van der Waals surface area contributed by atoms with Gasteiger partial charge in [-0.1, -0.05) is 22.9 Å². The molecule has 0 aliphatic heterocycles. The zero-order valence-electron chi connectivity index (χ0n) is 8.58. The Morgan fingerprint density at radius 2 is 2.13 bits per heavy atom. The molecule has 82 valence electrons. The zero-order valence-corrected chi connectivity index (χ0v) is 10.2. The minimum absolute atomic E-state index is 0.147. The topological polar surface area (TPSA) is 20.2 Å². The number of halogens is 2. The Hall–Kier alpha value is -0.410. The molecule has 0 heterocycles. The number of rotatable bonds is 1. The Kier molecular flexibility index (Phi) is 3.12. The van der Waals surface area contributed by atoms with E-state index < -0.39 is 0 Å². The van der Waals surface area contributed by atoms with Gasteiger partial charge in [0.2, 0.25) is 0 Å². The van der Waals surface area contributed by atoms with E-state index >= 15 is 0 Å². The van der Waals surface area contributed by atoms with Crippen LogP contribution in [0.4, 0.5) is 4.39 Å². The molecule has 1 N–H and O–H groups in total. The van der Waals surface area contributed by atoms with Crippen molar-refractivity contribution < 1.29 is 9.50 Å². The van der Waals surface area contributed by atoms with Gasteiger partial charge in [0.05, 0.1) is 6.10 Å². The largest absolute Gasteiger partial charge is 0.393 e. The Bertz CT molecular complexity index is 367. The van der Waals surface area contributed by atoms with Crippen LogP contribution in [0.25, 0.3) is 0 Å². The van der Waals surface area contributed by atoms with Crippen molar-refractivity contribution in [2.24, 2.45) is 5.92 Å². The van der Waals surface area contributed by atoms with Crippen molar-refractivity contribution in [2.45, 2.75) is 31.8 Å². The maximum Gasteiger partial charge on any atom is 0.126 e. The van der Waals surface area contributed by atoms with Gasteiger partial charge in [0.1, 0.15) is 5.82 Å². The summed E-state index contributed by atoms with van der Waals surface area (Å²) in [6.07, 6.45) is 1.36. The molecule has 1 saturated carbocycles. The molecule has 3 atom stereocenters. The first-order valence-corrected chi connectivity index (χ1v) is 6.02. The van der Waals surface area contributed by atoms with Crippen molar-refractivity contribution in [3.8, 4) is 0 Å². The average molecular weight is 273 g/mol. The summed E-state index contributed by atoms with van der Waals surface area (Å²) in [5.41, 5.74) is 0.730. The molecule has 0 saturated heterocycles. The summed E-state index contributed by atoms with van der Waals surface area (Å²) in [6.45, 7) is 1.99. The van der Waals surface area contributed by atoms with Crippen LogP contribution in [0.5, 0.6) is 0 Å². The van der Waals surface area contributed by atoms with Gasteiger partial charge >= 0.3 is 0 Å². The first kappa shape index (κ1) is 11.1. The molecule has 3 unspecified atom stereocenters. The summed E-state index contributed by atoms with van der Waals surface area (Å²) in [7, 11) is 0. The van der Waals surface area contributed by atoms with E-state index in [0.29, 0.717) is 0 Å². The summed E-state index contributed by atoms with van der Waals surface area (Å²) in [4.78, 5) is 0. The third-order valence-corrected chi connectivity index (χ3v) is 3.87. The molecule has 1 aromatic carbocycles. The summed E-state index contributed by atoms with van der Waals surface area (Å²) in [5, 5.41) is 9.66. The predicted molar refractivity (Wildman–Crippen MR) is 61.2 cm³/mol. The SMILES string of the molecule is CC1C(O)CCC1c1cc(Br)ccc1F. The maximum absolute atomic E-state index is 13.6. The summed E-state index contributed by atoms with van der Waals surface area (Å²) in [6, 6.07) is 5.01. The molecule has 3 heteroatoms. The second-order valence-electron chi connectivity index (χ2n) is 4.28. The molecule has 1 fully saturated rings. The molecule has 0 aromatic heterocycles. The minimum atomic E-state index is -0.284. The Morgan fingerprint density at radius 3 is 2.73 bits per heavy atom. The molecule has 0 bridgehead atoms. The normalized spacial score (nSPS) is 30.8. The van der Waals surface area contributed by atoms with Crippen LogP contribution in [0.15, 0.2) is 22.7 Å². The van der Waals surface area contributed by atoms with Gasteiger partial charge in [0.15, 0.2) is 0 Å². The van der Waals surface area contributed by atoms with E-state index in [9.17, 15) is 9.50 Å². The zero-order chi connectivity index (χ0) is 11.0. The maximum atomic E-state index is 13.6. The summed E-state index contributed by atoms with van der Waals surface area (Å²) in [5.74, 6) is 0.135. The average Bonchev–Trinajstić information content (AvgIpc) is 2.52. The van der Waals surface area contributed by atoms with Gasteiger partial charge in [-0.25, -0.2) is 4.39 Å². The van der Waals surface area contributed by atoms with Crippen molar-refractivity contribution in [2.75, 3.05) is 0 Å². The lowest BCUT2D eigenvalue weighted by molar-refractivity contribution is 0.136. The van der Waals surface area contributed by atoms with Crippen LogP contribution in [0.1, 0.15) is 31.2 Å². The van der Waals surface area contributed by atoms with Crippen molar-refractivity contribution in [1.29, 1.82) is 0 Å². The number of aliphatic hydroxyl groups is 1. The molecule has 15 heavy (non-hydrogen) atoms. The monoisotopic (exact) mass is 272 g/mol. The van der Waals surface area contributed by atoms with Gasteiger partial charge in [-0.15, -0.1) is 0 Å². The first-order chi connectivity index (χ1) is 7.09. The molecule has 0 spiro atoms.